The average molecular weight is 344 g/mol. The number of carbonyl (C=O) groups is 2. The molecule has 118 valence electrons. The van der Waals surface area contributed by atoms with E-state index in [1.807, 2.05) is 0 Å². The zero-order valence-electron chi connectivity index (χ0n) is 11.8. The van der Waals surface area contributed by atoms with E-state index in [0.717, 1.165) is 0 Å². The zero-order valence-corrected chi connectivity index (χ0v) is 13.3. The van der Waals surface area contributed by atoms with Crippen LogP contribution >= 0.6 is 23.2 Å². The van der Waals surface area contributed by atoms with Gasteiger partial charge in [0, 0.05) is 26.2 Å². The molecule has 0 saturated heterocycles. The topological polar surface area (TPSA) is 91.8 Å². The van der Waals surface area contributed by atoms with E-state index in [4.69, 9.17) is 23.2 Å². The highest BCUT2D eigenvalue weighted by Gasteiger charge is 2.15. The summed E-state index contributed by atoms with van der Waals surface area (Å²) < 4.78 is 1.50. The van der Waals surface area contributed by atoms with Gasteiger partial charge in [-0.25, -0.2) is 0 Å². The molecule has 9 heteroatoms. The standard InChI is InChI=1S/C13H15Cl2N5O2/c1-20-10(5-9(14)12(20)15)13(22)16-4-2-3-11(21)19-8-6-17-18-7-8/h5-7H,2-4H2,1H3,(H,16,22)(H,17,18)(H,19,21). The van der Waals surface area contributed by atoms with Crippen LogP contribution in [0.4, 0.5) is 5.69 Å². The van der Waals surface area contributed by atoms with Gasteiger partial charge in [0.1, 0.15) is 10.8 Å². The fraction of sp³-hybridized carbons (Fsp3) is 0.308. The van der Waals surface area contributed by atoms with Gasteiger partial charge in [0.25, 0.3) is 5.91 Å². The van der Waals surface area contributed by atoms with Gasteiger partial charge in [-0.05, 0) is 12.5 Å². The second kappa shape index (κ2) is 7.33. The van der Waals surface area contributed by atoms with Gasteiger partial charge in [0.15, 0.2) is 0 Å². The Bertz CT molecular complexity index is 666. The summed E-state index contributed by atoms with van der Waals surface area (Å²) in [5.41, 5.74) is 0.986. The van der Waals surface area contributed by atoms with Gasteiger partial charge in [-0.3, -0.25) is 14.7 Å². The molecular weight excluding hydrogens is 329 g/mol. The Hall–Kier alpha value is -1.99. The summed E-state index contributed by atoms with van der Waals surface area (Å²) in [4.78, 5) is 23.6. The molecule has 7 nitrogen and oxygen atoms in total. The Morgan fingerprint density at radius 2 is 2.18 bits per heavy atom. The summed E-state index contributed by atoms with van der Waals surface area (Å²) in [7, 11) is 1.65. The van der Waals surface area contributed by atoms with Crippen molar-refractivity contribution in [1.29, 1.82) is 0 Å². The minimum atomic E-state index is -0.286. The Morgan fingerprint density at radius 1 is 1.41 bits per heavy atom. The summed E-state index contributed by atoms with van der Waals surface area (Å²) in [6.45, 7) is 0.373. The Balaban J connectivity index is 1.73. The number of nitrogens with zero attached hydrogens (tertiary/aromatic N) is 2. The van der Waals surface area contributed by atoms with Gasteiger partial charge in [-0.15, -0.1) is 0 Å². The van der Waals surface area contributed by atoms with Gasteiger partial charge < -0.3 is 15.2 Å². The molecule has 2 aromatic rings. The number of hydrogen-bond donors (Lipinski definition) is 3. The maximum atomic E-state index is 12.0. The summed E-state index contributed by atoms with van der Waals surface area (Å²) >= 11 is 11.8. The van der Waals surface area contributed by atoms with Crippen LogP contribution in [0.1, 0.15) is 23.3 Å². The lowest BCUT2D eigenvalue weighted by Crippen LogP contribution is -2.27. The number of anilines is 1. The van der Waals surface area contributed by atoms with Crippen LogP contribution in [0.5, 0.6) is 0 Å². The molecule has 0 fully saturated rings. The van der Waals surface area contributed by atoms with Crippen molar-refractivity contribution in [2.24, 2.45) is 7.05 Å². The molecule has 0 aliphatic carbocycles. The van der Waals surface area contributed by atoms with E-state index in [9.17, 15) is 9.59 Å². The lowest BCUT2D eigenvalue weighted by atomic mass is 10.3. The number of halogens is 2. The number of amides is 2. The normalized spacial score (nSPS) is 10.5. The number of nitrogens with one attached hydrogen (secondary N) is 3. The molecule has 0 saturated carbocycles. The molecule has 3 N–H and O–H groups in total. The minimum Gasteiger partial charge on any atom is -0.351 e. The number of carbonyl (C=O) groups excluding carboxylic acids is 2. The van der Waals surface area contributed by atoms with Gasteiger partial charge >= 0.3 is 0 Å². The molecule has 2 rings (SSSR count). The molecule has 0 spiro atoms. The Labute approximate surface area is 137 Å². The van der Waals surface area contributed by atoms with E-state index in [0.29, 0.717) is 40.9 Å². The van der Waals surface area contributed by atoms with Crippen LogP contribution in [-0.4, -0.2) is 33.1 Å². The second-order valence-corrected chi connectivity index (χ2v) is 5.39. The molecule has 0 aliphatic rings. The summed E-state index contributed by atoms with van der Waals surface area (Å²) in [6, 6.07) is 1.50. The van der Waals surface area contributed by atoms with Crippen LogP contribution < -0.4 is 10.6 Å². The molecule has 2 heterocycles. The van der Waals surface area contributed by atoms with E-state index < -0.39 is 0 Å². The van der Waals surface area contributed by atoms with Gasteiger partial charge in [-0.2, -0.15) is 5.10 Å². The molecule has 0 radical (unpaired) electrons. The molecule has 0 bridgehead atoms. The van der Waals surface area contributed by atoms with Crippen molar-refractivity contribution < 1.29 is 9.59 Å². The Kier molecular flexibility index (Phi) is 5.46. The SMILES string of the molecule is Cn1c(C(=O)NCCCC(=O)Nc2cn[nH]c2)cc(Cl)c1Cl. The van der Waals surface area contributed by atoms with Crippen LogP contribution in [-0.2, 0) is 11.8 Å². The van der Waals surface area contributed by atoms with Gasteiger partial charge in [0.05, 0.1) is 16.9 Å². The van der Waals surface area contributed by atoms with E-state index in [-0.39, 0.29) is 11.8 Å². The molecule has 0 unspecified atom stereocenters. The predicted octanol–water partition coefficient (Wildman–Crippen LogP) is 2.20. The highest BCUT2D eigenvalue weighted by atomic mass is 35.5. The number of H-pyrrole nitrogens is 1. The first kappa shape index (κ1) is 16.4. The van der Waals surface area contributed by atoms with Gasteiger partial charge in [0.2, 0.25) is 5.91 Å². The van der Waals surface area contributed by atoms with Crippen molar-refractivity contribution in [1.82, 2.24) is 20.1 Å². The maximum Gasteiger partial charge on any atom is 0.267 e. The van der Waals surface area contributed by atoms with Gasteiger partial charge in [-0.1, -0.05) is 23.2 Å². The molecule has 22 heavy (non-hydrogen) atoms. The largest absolute Gasteiger partial charge is 0.351 e. The van der Waals surface area contributed by atoms with E-state index >= 15 is 0 Å². The first-order valence-corrected chi connectivity index (χ1v) is 7.32. The Morgan fingerprint density at radius 3 is 2.77 bits per heavy atom. The third-order valence-corrected chi connectivity index (χ3v) is 3.84. The van der Waals surface area contributed by atoms with E-state index in [1.165, 1.54) is 16.8 Å². The summed E-state index contributed by atoms with van der Waals surface area (Å²) in [6.07, 6.45) is 3.91. The minimum absolute atomic E-state index is 0.138. The highest BCUT2D eigenvalue weighted by Crippen LogP contribution is 2.24. The average Bonchev–Trinajstić information content (AvgIpc) is 3.07. The third-order valence-electron chi connectivity index (χ3n) is 3.00. The first-order chi connectivity index (χ1) is 10.5. The number of aromatic amines is 1. The van der Waals surface area contributed by atoms with Crippen LogP contribution in [0.25, 0.3) is 0 Å². The monoisotopic (exact) mass is 343 g/mol. The van der Waals surface area contributed by atoms with Crippen LogP contribution in [0.15, 0.2) is 18.5 Å². The van der Waals surface area contributed by atoms with Crippen molar-refractivity contribution in [3.05, 3.63) is 34.3 Å². The number of hydrogen-bond acceptors (Lipinski definition) is 3. The molecule has 0 atom stereocenters. The van der Waals surface area contributed by atoms with Crippen LogP contribution in [0, 0.1) is 0 Å². The number of rotatable bonds is 6. The molecule has 0 aromatic carbocycles. The summed E-state index contributed by atoms with van der Waals surface area (Å²) in [5.74, 6) is -0.424. The summed E-state index contributed by atoms with van der Waals surface area (Å²) in [5, 5.41) is 12.4. The van der Waals surface area contributed by atoms with E-state index in [1.54, 1.807) is 13.2 Å². The number of aromatic nitrogens is 3. The second-order valence-electron chi connectivity index (χ2n) is 4.62. The first-order valence-electron chi connectivity index (χ1n) is 6.56. The molecule has 0 aliphatic heterocycles. The predicted molar refractivity (Wildman–Crippen MR) is 84.2 cm³/mol. The van der Waals surface area contributed by atoms with Crippen LogP contribution in [0.2, 0.25) is 10.2 Å². The smallest absolute Gasteiger partial charge is 0.267 e. The van der Waals surface area contributed by atoms with Crippen molar-refractivity contribution in [2.75, 3.05) is 11.9 Å². The lowest BCUT2D eigenvalue weighted by molar-refractivity contribution is -0.116. The van der Waals surface area contributed by atoms with Crippen molar-refractivity contribution in [2.45, 2.75) is 12.8 Å². The molecule has 2 amide bonds. The fourth-order valence-corrected chi connectivity index (χ4v) is 2.22. The molecule has 2 aromatic heterocycles. The third kappa shape index (κ3) is 4.02. The van der Waals surface area contributed by atoms with Crippen molar-refractivity contribution in [3.63, 3.8) is 0 Å². The fourth-order valence-electron chi connectivity index (χ4n) is 1.84. The maximum absolute atomic E-state index is 12.0. The highest BCUT2D eigenvalue weighted by molar-refractivity contribution is 6.41. The lowest BCUT2D eigenvalue weighted by Gasteiger charge is -2.06. The van der Waals surface area contributed by atoms with E-state index in [2.05, 4.69) is 20.8 Å². The van der Waals surface area contributed by atoms with Crippen molar-refractivity contribution >= 4 is 40.7 Å². The zero-order chi connectivity index (χ0) is 16.1. The molecular formula is C13H15Cl2N5O2. The van der Waals surface area contributed by atoms with Crippen LogP contribution in [0.3, 0.4) is 0 Å². The van der Waals surface area contributed by atoms with Crippen molar-refractivity contribution in [3.8, 4) is 0 Å². The quantitative estimate of drug-likeness (QED) is 0.702.